The van der Waals surface area contributed by atoms with Gasteiger partial charge >= 0.3 is 0 Å². The molecule has 0 saturated carbocycles. The Morgan fingerprint density at radius 2 is 1.95 bits per heavy atom. The van der Waals surface area contributed by atoms with Gasteiger partial charge in [-0.3, -0.25) is 13.9 Å². The molecule has 3 unspecified atom stereocenters. The van der Waals surface area contributed by atoms with E-state index in [0.29, 0.717) is 67.6 Å². The Kier molecular flexibility index (Phi) is 11.0. The molecule has 3 aliphatic rings. The molecule has 3 saturated heterocycles. The van der Waals surface area contributed by atoms with Gasteiger partial charge in [0.05, 0.1) is 16.8 Å². The Balaban J connectivity index is 1.30. The first-order valence-electron chi connectivity index (χ1n) is 15.2. The van der Waals surface area contributed by atoms with E-state index in [0.717, 1.165) is 32.1 Å². The summed E-state index contributed by atoms with van der Waals surface area (Å²) in [7, 11) is -2.88. The van der Waals surface area contributed by atoms with Gasteiger partial charge in [0.25, 0.3) is 0 Å². The second-order valence-corrected chi connectivity index (χ2v) is 14.6. The van der Waals surface area contributed by atoms with Crippen LogP contribution in [-0.2, 0) is 16.0 Å². The van der Waals surface area contributed by atoms with Crippen LogP contribution in [0.15, 0.2) is 36.4 Å². The lowest BCUT2D eigenvalue weighted by molar-refractivity contribution is -0.118. The Morgan fingerprint density at radius 1 is 1.16 bits per heavy atom. The number of amides is 1. The number of nitrogens with two attached hydrogens (primary N) is 1. The van der Waals surface area contributed by atoms with E-state index in [-0.39, 0.29) is 23.5 Å². The third-order valence-corrected chi connectivity index (χ3v) is 11.6. The standard InChI is InChI=1S/C31H43ClF2N4O4S/c32-26-11-7-21(17-28(26)34)24(9-6-20-12-14-42-15-13-20)30(35)31(39)37-29-5-1-4-27(33)25(29)10-8-23-18-36-22-3-2-16-43(40,41)38(23)19-22/h1,4-5,7,11,17,20,22-24,30,36,40-41H,2-3,6,8-10,12-16,18-19,35H2,(H,37,39)/t22?,23?,24-,30+/m1/s1. The number of nitrogens with zero attached hydrogens (tertiary/aromatic N) is 1. The molecule has 12 heteroatoms. The Bertz CT molecular complexity index is 1270. The summed E-state index contributed by atoms with van der Waals surface area (Å²) in [5.41, 5.74) is 7.83. The Hall–Kier alpha value is -1.83. The zero-order chi connectivity index (χ0) is 30.6. The third kappa shape index (κ3) is 8.07. The van der Waals surface area contributed by atoms with Crippen LogP contribution in [0.3, 0.4) is 0 Å². The number of hydrogen-bond acceptors (Lipinski definition) is 7. The van der Waals surface area contributed by atoms with E-state index in [1.165, 1.54) is 24.3 Å². The summed E-state index contributed by atoms with van der Waals surface area (Å²) in [6.45, 7) is 2.53. The van der Waals surface area contributed by atoms with Gasteiger partial charge in [-0.1, -0.05) is 23.7 Å². The third-order valence-electron chi connectivity index (χ3n) is 9.24. The number of carbonyl (C=O) groups excluding carboxylic acids is 1. The van der Waals surface area contributed by atoms with Crippen molar-refractivity contribution < 1.29 is 27.4 Å². The van der Waals surface area contributed by atoms with Gasteiger partial charge in [0, 0.05) is 55.6 Å². The summed E-state index contributed by atoms with van der Waals surface area (Å²) in [6.07, 6.45) is 5.65. The number of fused-ring (bicyclic) bond motifs is 2. The van der Waals surface area contributed by atoms with E-state index >= 15 is 4.39 Å². The van der Waals surface area contributed by atoms with Crippen LogP contribution in [0.1, 0.15) is 62.0 Å². The molecule has 8 nitrogen and oxygen atoms in total. The lowest BCUT2D eigenvalue weighted by atomic mass is 9.83. The van der Waals surface area contributed by atoms with E-state index in [2.05, 4.69) is 10.6 Å². The fourth-order valence-electron chi connectivity index (χ4n) is 6.66. The number of ether oxygens (including phenoxy) is 1. The first kappa shape index (κ1) is 32.6. The molecule has 2 aromatic rings. The van der Waals surface area contributed by atoms with Crippen molar-refractivity contribution in [1.29, 1.82) is 0 Å². The normalized spacial score (nSPS) is 26.2. The average Bonchev–Trinajstić information content (AvgIpc) is 3.10. The highest BCUT2D eigenvalue weighted by Crippen LogP contribution is 2.49. The van der Waals surface area contributed by atoms with Crippen molar-refractivity contribution in [3.05, 3.63) is 64.2 Å². The summed E-state index contributed by atoms with van der Waals surface area (Å²) in [6, 6.07) is 8.08. The number of nitrogens with one attached hydrogen (secondary N) is 2. The van der Waals surface area contributed by atoms with Crippen LogP contribution in [0.25, 0.3) is 0 Å². The van der Waals surface area contributed by atoms with E-state index in [4.69, 9.17) is 22.1 Å². The topological polar surface area (TPSA) is 120 Å². The predicted molar refractivity (Wildman–Crippen MR) is 167 cm³/mol. The summed E-state index contributed by atoms with van der Waals surface area (Å²) in [5, 5.41) is 6.35. The van der Waals surface area contributed by atoms with E-state index in [9.17, 15) is 18.3 Å². The molecule has 0 aromatic heterocycles. The highest BCUT2D eigenvalue weighted by atomic mass is 35.5. The van der Waals surface area contributed by atoms with E-state index in [1.807, 2.05) is 0 Å². The van der Waals surface area contributed by atoms with Crippen molar-refractivity contribution in [2.24, 2.45) is 11.7 Å². The molecule has 2 bridgehead atoms. The molecule has 5 rings (SSSR count). The van der Waals surface area contributed by atoms with Crippen molar-refractivity contribution in [1.82, 2.24) is 9.62 Å². The van der Waals surface area contributed by atoms with E-state index < -0.39 is 40.3 Å². The molecular formula is C31H43ClF2N4O4S. The maximum absolute atomic E-state index is 15.2. The number of hydrogen-bond donors (Lipinski definition) is 5. The highest BCUT2D eigenvalue weighted by Gasteiger charge is 2.38. The molecule has 3 aliphatic heterocycles. The second-order valence-electron chi connectivity index (χ2n) is 12.1. The smallest absolute Gasteiger partial charge is 0.241 e. The van der Waals surface area contributed by atoms with Crippen molar-refractivity contribution in [3.8, 4) is 0 Å². The van der Waals surface area contributed by atoms with Crippen LogP contribution in [0.2, 0.25) is 5.02 Å². The molecule has 0 aliphatic carbocycles. The highest BCUT2D eigenvalue weighted by molar-refractivity contribution is 8.22. The minimum Gasteiger partial charge on any atom is -0.381 e. The Labute approximate surface area is 259 Å². The SMILES string of the molecule is N[C@H](C(=O)Nc1cccc(F)c1CCC1CNC2CCCS(O)(O)N1C2)[C@H](CCC1CCOCC1)c1ccc(Cl)c(F)c1. The van der Waals surface area contributed by atoms with Crippen LogP contribution in [0.4, 0.5) is 14.5 Å². The maximum Gasteiger partial charge on any atom is 0.241 e. The zero-order valence-corrected chi connectivity index (χ0v) is 25.9. The molecule has 238 valence electrons. The van der Waals surface area contributed by atoms with Crippen molar-refractivity contribution >= 4 is 34.0 Å². The second kappa shape index (κ2) is 14.5. The fraction of sp³-hybridized carbons (Fsp3) is 0.581. The molecule has 5 atom stereocenters. The van der Waals surface area contributed by atoms with Gasteiger partial charge in [0.1, 0.15) is 11.6 Å². The van der Waals surface area contributed by atoms with Crippen molar-refractivity contribution in [2.75, 3.05) is 37.4 Å². The van der Waals surface area contributed by atoms with Crippen molar-refractivity contribution in [3.63, 3.8) is 0 Å². The van der Waals surface area contributed by atoms with Gasteiger partial charge in [0.2, 0.25) is 5.91 Å². The summed E-state index contributed by atoms with van der Waals surface area (Å²) >= 11 is 5.94. The largest absolute Gasteiger partial charge is 0.381 e. The van der Waals surface area contributed by atoms with Gasteiger partial charge in [-0.25, -0.2) is 13.1 Å². The molecule has 3 heterocycles. The van der Waals surface area contributed by atoms with Crippen LogP contribution in [0.5, 0.6) is 0 Å². The monoisotopic (exact) mass is 640 g/mol. The van der Waals surface area contributed by atoms with Gasteiger partial charge in [-0.2, -0.15) is 0 Å². The number of carbonyl (C=O) groups is 1. The number of benzene rings is 2. The number of anilines is 1. The Morgan fingerprint density at radius 3 is 2.72 bits per heavy atom. The first-order chi connectivity index (χ1) is 20.6. The number of rotatable bonds is 10. The lowest BCUT2D eigenvalue weighted by Gasteiger charge is -2.49. The lowest BCUT2D eigenvalue weighted by Crippen LogP contribution is -2.55. The zero-order valence-electron chi connectivity index (χ0n) is 24.3. The minimum absolute atomic E-state index is 0.000505. The molecule has 0 radical (unpaired) electrons. The first-order valence-corrected chi connectivity index (χ1v) is 17.3. The number of halogens is 3. The number of piperazine rings is 1. The van der Waals surface area contributed by atoms with Gasteiger partial charge in [0.15, 0.2) is 0 Å². The molecule has 43 heavy (non-hydrogen) atoms. The van der Waals surface area contributed by atoms with Crippen LogP contribution >= 0.6 is 22.4 Å². The van der Waals surface area contributed by atoms with Gasteiger partial charge in [-0.15, -0.1) is 10.8 Å². The molecule has 1 amide bonds. The fourth-order valence-corrected chi connectivity index (χ4v) is 8.64. The van der Waals surface area contributed by atoms with Crippen molar-refractivity contribution in [2.45, 2.75) is 75.4 Å². The molecule has 3 fully saturated rings. The molecule has 6 N–H and O–H groups in total. The van der Waals surface area contributed by atoms with Gasteiger partial charge in [-0.05, 0) is 87.1 Å². The molecule has 2 aromatic carbocycles. The quantitative estimate of drug-likeness (QED) is 0.219. The van der Waals surface area contributed by atoms with Crippen LogP contribution in [0, 0.1) is 17.6 Å². The predicted octanol–water partition coefficient (Wildman–Crippen LogP) is 5.91. The minimum atomic E-state index is -2.88. The summed E-state index contributed by atoms with van der Waals surface area (Å²) in [4.78, 5) is 13.6. The van der Waals surface area contributed by atoms with Crippen LogP contribution < -0.4 is 16.4 Å². The average molecular weight is 641 g/mol. The van der Waals surface area contributed by atoms with Gasteiger partial charge < -0.3 is 21.1 Å². The van der Waals surface area contributed by atoms with E-state index in [1.54, 1.807) is 16.4 Å². The summed E-state index contributed by atoms with van der Waals surface area (Å²) < 4.78 is 58.5. The molecule has 0 spiro atoms. The molecular weight excluding hydrogens is 598 g/mol. The maximum atomic E-state index is 15.2. The van der Waals surface area contributed by atoms with Crippen LogP contribution in [-0.4, -0.2) is 69.5 Å². The summed E-state index contributed by atoms with van der Waals surface area (Å²) in [5.74, 6) is -1.20.